The van der Waals surface area contributed by atoms with E-state index in [2.05, 4.69) is 10.6 Å². The smallest absolute Gasteiger partial charge is 0.251 e. The Balaban J connectivity index is 2.53. The Hall–Kier alpha value is -2.22. The molecule has 1 aromatic rings. The molecule has 0 unspecified atom stereocenters. The van der Waals surface area contributed by atoms with Crippen LogP contribution in [-0.4, -0.2) is 38.6 Å². The Morgan fingerprint density at radius 1 is 1.25 bits per heavy atom. The summed E-state index contributed by atoms with van der Waals surface area (Å²) in [6.07, 6.45) is 0. The number of benzene rings is 1. The van der Waals surface area contributed by atoms with Crippen molar-refractivity contribution in [1.29, 1.82) is 0 Å². The number of anilines is 1. The molecule has 1 rings (SSSR count). The lowest BCUT2D eigenvalue weighted by Crippen LogP contribution is -2.38. The predicted molar refractivity (Wildman–Crippen MR) is 68.0 cm³/mol. The third-order valence-electron chi connectivity index (χ3n) is 2.38. The largest absolute Gasteiger partial charge is 0.394 e. The molecule has 0 radical (unpaired) electrons. The number of nitrogens with two attached hydrogens (primary N) is 1. The molecule has 0 bridgehead atoms. The molecule has 0 saturated carbocycles. The van der Waals surface area contributed by atoms with Crippen molar-refractivity contribution in [3.63, 3.8) is 0 Å². The van der Waals surface area contributed by atoms with Crippen LogP contribution in [0.4, 0.5) is 14.5 Å². The third kappa shape index (κ3) is 4.47. The van der Waals surface area contributed by atoms with E-state index in [-0.39, 0.29) is 12.1 Å². The number of hydrogen-bond donors (Lipinski definition) is 3. The fourth-order valence-electron chi connectivity index (χ4n) is 1.33. The van der Waals surface area contributed by atoms with E-state index in [1.165, 1.54) is 7.11 Å². The van der Waals surface area contributed by atoms with Gasteiger partial charge >= 0.3 is 0 Å². The summed E-state index contributed by atoms with van der Waals surface area (Å²) >= 11 is 0. The van der Waals surface area contributed by atoms with E-state index in [0.717, 1.165) is 12.1 Å². The maximum absolute atomic E-state index is 13.2. The van der Waals surface area contributed by atoms with Crippen molar-refractivity contribution in [3.8, 4) is 0 Å². The third-order valence-corrected chi connectivity index (χ3v) is 2.38. The number of rotatable bonds is 6. The van der Waals surface area contributed by atoms with Crippen molar-refractivity contribution >= 4 is 17.5 Å². The monoisotopic (exact) mass is 287 g/mol. The van der Waals surface area contributed by atoms with Gasteiger partial charge in [0.15, 0.2) is 0 Å². The highest BCUT2D eigenvalue weighted by atomic mass is 19.1. The number of ether oxygens (including phenoxy) is 1. The average molecular weight is 287 g/mol. The number of halogens is 2. The van der Waals surface area contributed by atoms with Crippen LogP contribution in [0.1, 0.15) is 10.4 Å². The topological polar surface area (TPSA) is 93.5 Å². The highest BCUT2D eigenvalue weighted by molar-refractivity contribution is 5.96. The van der Waals surface area contributed by atoms with E-state index in [9.17, 15) is 18.4 Å². The van der Waals surface area contributed by atoms with E-state index in [1.54, 1.807) is 0 Å². The molecular weight excluding hydrogens is 272 g/mol. The van der Waals surface area contributed by atoms with Gasteiger partial charge in [-0.2, -0.15) is 0 Å². The second-order valence-electron chi connectivity index (χ2n) is 3.88. The zero-order valence-corrected chi connectivity index (χ0v) is 10.8. The van der Waals surface area contributed by atoms with Gasteiger partial charge in [0.05, 0.1) is 13.2 Å². The van der Waals surface area contributed by atoms with Gasteiger partial charge in [-0.3, -0.25) is 9.59 Å². The minimum atomic E-state index is -1.03. The molecule has 0 aliphatic rings. The van der Waals surface area contributed by atoms with Crippen LogP contribution in [-0.2, 0) is 9.53 Å². The number of hydrogen-bond acceptors (Lipinski definition) is 4. The summed E-state index contributed by atoms with van der Waals surface area (Å²) in [6, 6.07) is 1.60. The minimum absolute atomic E-state index is 0.251. The molecule has 0 fully saturated rings. The summed E-state index contributed by atoms with van der Waals surface area (Å²) in [5.74, 6) is -3.27. The van der Waals surface area contributed by atoms with Crippen molar-refractivity contribution in [2.24, 2.45) is 0 Å². The van der Waals surface area contributed by atoms with Crippen LogP contribution < -0.4 is 16.4 Å². The minimum Gasteiger partial charge on any atom is -0.394 e. The second kappa shape index (κ2) is 7.39. The second-order valence-corrected chi connectivity index (χ2v) is 3.88. The van der Waals surface area contributed by atoms with Gasteiger partial charge in [-0.15, -0.1) is 0 Å². The first-order chi connectivity index (χ1) is 9.45. The Morgan fingerprint density at radius 3 is 2.40 bits per heavy atom. The van der Waals surface area contributed by atoms with Crippen molar-refractivity contribution in [3.05, 3.63) is 29.3 Å². The Kier molecular flexibility index (Phi) is 5.85. The summed E-state index contributed by atoms with van der Waals surface area (Å²) < 4.78 is 31.1. The normalized spacial score (nSPS) is 10.2. The number of carbonyl (C=O) groups is 2. The molecule has 0 atom stereocenters. The van der Waals surface area contributed by atoms with Crippen molar-refractivity contribution in [2.45, 2.75) is 0 Å². The number of nitrogen functional groups attached to an aromatic ring is 1. The van der Waals surface area contributed by atoms with Gasteiger partial charge in [0.2, 0.25) is 5.91 Å². The fourth-order valence-corrected chi connectivity index (χ4v) is 1.33. The van der Waals surface area contributed by atoms with Gasteiger partial charge in [0.1, 0.15) is 17.3 Å². The van der Waals surface area contributed by atoms with E-state index in [4.69, 9.17) is 10.5 Å². The van der Waals surface area contributed by atoms with Gasteiger partial charge < -0.3 is 21.1 Å². The molecule has 6 nitrogen and oxygen atoms in total. The summed E-state index contributed by atoms with van der Waals surface area (Å²) in [4.78, 5) is 22.9. The van der Waals surface area contributed by atoms with E-state index in [0.29, 0.717) is 13.2 Å². The number of nitrogens with one attached hydrogen (secondary N) is 2. The Labute approximate surface area is 114 Å². The molecule has 110 valence electrons. The molecular formula is C12H15F2N3O3. The number of methoxy groups -OCH3 is 1. The standard InChI is InChI=1S/C12H15F2N3O3/c1-20-3-2-16-10(18)6-17-12(19)7-4-8(13)11(15)9(14)5-7/h4-5H,2-3,6,15H2,1H3,(H,16,18)(H,17,19). The molecule has 0 spiro atoms. The van der Waals surface area contributed by atoms with Crippen molar-refractivity contribution < 1.29 is 23.1 Å². The van der Waals surface area contributed by atoms with Gasteiger partial charge in [0, 0.05) is 19.2 Å². The average Bonchev–Trinajstić information content (AvgIpc) is 2.41. The lowest BCUT2D eigenvalue weighted by Gasteiger charge is -2.07. The molecule has 0 aliphatic heterocycles. The van der Waals surface area contributed by atoms with Gasteiger partial charge in [-0.05, 0) is 12.1 Å². The summed E-state index contributed by atoms with van der Waals surface area (Å²) in [5, 5.41) is 4.71. The summed E-state index contributed by atoms with van der Waals surface area (Å²) in [7, 11) is 1.48. The SMILES string of the molecule is COCCNC(=O)CNC(=O)c1cc(F)c(N)c(F)c1. The van der Waals surface area contributed by atoms with Gasteiger partial charge in [-0.1, -0.05) is 0 Å². The van der Waals surface area contributed by atoms with Crippen LogP contribution in [0.15, 0.2) is 12.1 Å². The number of amides is 2. The molecule has 0 aliphatic carbocycles. The molecule has 20 heavy (non-hydrogen) atoms. The van der Waals surface area contributed by atoms with E-state index < -0.39 is 29.1 Å². The molecule has 0 saturated heterocycles. The van der Waals surface area contributed by atoms with Gasteiger partial charge in [-0.25, -0.2) is 8.78 Å². The van der Waals surface area contributed by atoms with Crippen LogP contribution in [0.3, 0.4) is 0 Å². The zero-order valence-electron chi connectivity index (χ0n) is 10.8. The first kappa shape index (κ1) is 15.8. The molecule has 2 amide bonds. The first-order valence-corrected chi connectivity index (χ1v) is 5.74. The van der Waals surface area contributed by atoms with Gasteiger partial charge in [0.25, 0.3) is 5.91 Å². The lowest BCUT2D eigenvalue weighted by molar-refractivity contribution is -0.120. The zero-order chi connectivity index (χ0) is 15.1. The molecule has 0 aromatic heterocycles. The maximum Gasteiger partial charge on any atom is 0.251 e. The fraction of sp³-hybridized carbons (Fsp3) is 0.333. The van der Waals surface area contributed by atoms with E-state index in [1.807, 2.05) is 0 Å². The Bertz CT molecular complexity index is 486. The maximum atomic E-state index is 13.2. The molecule has 8 heteroatoms. The lowest BCUT2D eigenvalue weighted by atomic mass is 10.1. The van der Waals surface area contributed by atoms with Crippen LogP contribution >= 0.6 is 0 Å². The van der Waals surface area contributed by atoms with Crippen LogP contribution in [0.2, 0.25) is 0 Å². The highest BCUT2D eigenvalue weighted by Gasteiger charge is 2.13. The predicted octanol–water partition coefficient (Wildman–Crippen LogP) is 0.0394. The number of carbonyl (C=O) groups excluding carboxylic acids is 2. The quantitative estimate of drug-likeness (QED) is 0.508. The van der Waals surface area contributed by atoms with Crippen LogP contribution in [0, 0.1) is 11.6 Å². The van der Waals surface area contributed by atoms with Crippen LogP contribution in [0.25, 0.3) is 0 Å². The first-order valence-electron chi connectivity index (χ1n) is 5.74. The van der Waals surface area contributed by atoms with Crippen molar-refractivity contribution in [1.82, 2.24) is 10.6 Å². The van der Waals surface area contributed by atoms with E-state index >= 15 is 0 Å². The molecule has 1 aromatic carbocycles. The van der Waals surface area contributed by atoms with Crippen molar-refractivity contribution in [2.75, 3.05) is 32.5 Å². The highest BCUT2D eigenvalue weighted by Crippen LogP contribution is 2.16. The summed E-state index contributed by atoms with van der Waals surface area (Å²) in [6.45, 7) is 0.334. The Morgan fingerprint density at radius 2 is 1.85 bits per heavy atom. The van der Waals surface area contributed by atoms with Crippen LogP contribution in [0.5, 0.6) is 0 Å². The molecule has 0 heterocycles. The molecule has 4 N–H and O–H groups in total. The summed E-state index contributed by atoms with van der Waals surface area (Å²) in [5.41, 5.74) is 4.18.